The summed E-state index contributed by atoms with van der Waals surface area (Å²) < 4.78 is 13.5. The Morgan fingerprint density at radius 2 is 2.00 bits per heavy atom. The second kappa shape index (κ2) is 5.98. The number of nitriles is 2. The maximum Gasteiger partial charge on any atom is 0.254 e. The molecule has 24 heavy (non-hydrogen) atoms. The molecular formula is C19H12FN3O. The van der Waals surface area contributed by atoms with Crippen LogP contribution in [-0.2, 0) is 6.54 Å². The van der Waals surface area contributed by atoms with Crippen LogP contribution in [-0.4, -0.2) is 17.4 Å². The molecule has 0 radical (unpaired) electrons. The van der Waals surface area contributed by atoms with E-state index in [4.69, 9.17) is 10.5 Å². The highest BCUT2D eigenvalue weighted by molar-refractivity contribution is 6.00. The van der Waals surface area contributed by atoms with Crippen molar-refractivity contribution in [3.8, 4) is 23.3 Å². The average molecular weight is 317 g/mol. The van der Waals surface area contributed by atoms with Gasteiger partial charge in [0.2, 0.25) is 0 Å². The average Bonchev–Trinajstić information content (AvgIpc) is 2.91. The van der Waals surface area contributed by atoms with E-state index in [0.29, 0.717) is 23.2 Å². The zero-order valence-corrected chi connectivity index (χ0v) is 12.7. The van der Waals surface area contributed by atoms with E-state index in [9.17, 15) is 9.18 Å². The van der Waals surface area contributed by atoms with E-state index in [1.165, 1.54) is 12.1 Å². The molecule has 1 heterocycles. The van der Waals surface area contributed by atoms with Gasteiger partial charge in [-0.3, -0.25) is 4.79 Å². The first kappa shape index (κ1) is 15.5. The Hall–Kier alpha value is -3.44. The molecule has 4 nitrogen and oxygen atoms in total. The van der Waals surface area contributed by atoms with Crippen LogP contribution in [0.2, 0.25) is 0 Å². The van der Waals surface area contributed by atoms with Crippen molar-refractivity contribution in [3.05, 3.63) is 71.1 Å². The highest BCUT2D eigenvalue weighted by atomic mass is 19.1. The predicted molar refractivity (Wildman–Crippen MR) is 86.0 cm³/mol. The lowest BCUT2D eigenvalue weighted by Gasteiger charge is -2.14. The van der Waals surface area contributed by atoms with Crippen molar-refractivity contribution < 1.29 is 9.18 Å². The molecule has 0 bridgehead atoms. The monoisotopic (exact) mass is 317 g/mol. The summed E-state index contributed by atoms with van der Waals surface area (Å²) in [5, 5.41) is 17.9. The van der Waals surface area contributed by atoms with Gasteiger partial charge in [0.1, 0.15) is 11.9 Å². The fourth-order valence-electron chi connectivity index (χ4n) is 2.83. The summed E-state index contributed by atoms with van der Waals surface area (Å²) in [4.78, 5) is 14.0. The van der Waals surface area contributed by atoms with E-state index in [-0.39, 0.29) is 18.0 Å². The minimum atomic E-state index is -0.572. The SMILES string of the molecule is C=C(C#N)CN1Cc2c(cccc2-c2ccc(F)c(C#N)c2)C1=O. The van der Waals surface area contributed by atoms with E-state index in [1.807, 2.05) is 18.2 Å². The van der Waals surface area contributed by atoms with Crippen LogP contribution in [0.4, 0.5) is 4.39 Å². The summed E-state index contributed by atoms with van der Waals surface area (Å²) in [6, 6.07) is 13.4. The molecule has 0 aliphatic carbocycles. The zero-order chi connectivity index (χ0) is 17.3. The Bertz CT molecular complexity index is 950. The Kier molecular flexibility index (Phi) is 3.85. The van der Waals surface area contributed by atoms with Gasteiger partial charge < -0.3 is 4.90 Å². The smallest absolute Gasteiger partial charge is 0.254 e. The third kappa shape index (κ3) is 2.53. The Morgan fingerprint density at radius 1 is 1.25 bits per heavy atom. The molecule has 0 fully saturated rings. The number of hydrogen-bond acceptors (Lipinski definition) is 3. The van der Waals surface area contributed by atoms with Crippen molar-refractivity contribution >= 4 is 5.91 Å². The summed E-state index contributed by atoms with van der Waals surface area (Å²) in [5.74, 6) is -0.734. The zero-order valence-electron chi connectivity index (χ0n) is 12.7. The molecule has 0 saturated carbocycles. The molecule has 0 saturated heterocycles. The molecule has 0 aromatic heterocycles. The molecule has 2 aromatic carbocycles. The van der Waals surface area contributed by atoms with Crippen LogP contribution in [0, 0.1) is 28.5 Å². The first-order chi connectivity index (χ1) is 11.5. The van der Waals surface area contributed by atoms with Gasteiger partial charge in [-0.1, -0.05) is 24.8 Å². The first-order valence-corrected chi connectivity index (χ1v) is 7.24. The summed E-state index contributed by atoms with van der Waals surface area (Å²) in [5.41, 5.74) is 3.10. The van der Waals surface area contributed by atoms with Crippen LogP contribution in [0.1, 0.15) is 21.5 Å². The lowest BCUT2D eigenvalue weighted by molar-refractivity contribution is 0.0794. The largest absolute Gasteiger partial charge is 0.329 e. The molecule has 3 rings (SSSR count). The molecule has 2 aromatic rings. The van der Waals surface area contributed by atoms with Crippen molar-refractivity contribution in [2.24, 2.45) is 0 Å². The second-order valence-electron chi connectivity index (χ2n) is 5.51. The van der Waals surface area contributed by atoms with Crippen LogP contribution in [0.3, 0.4) is 0 Å². The van der Waals surface area contributed by atoms with Gasteiger partial charge >= 0.3 is 0 Å². The lowest BCUT2D eigenvalue weighted by atomic mass is 9.96. The van der Waals surface area contributed by atoms with Gasteiger partial charge in [-0.05, 0) is 34.9 Å². The molecule has 1 amide bonds. The van der Waals surface area contributed by atoms with E-state index < -0.39 is 5.82 Å². The lowest BCUT2D eigenvalue weighted by Crippen LogP contribution is -2.25. The van der Waals surface area contributed by atoms with Gasteiger partial charge in [0.25, 0.3) is 5.91 Å². The fraction of sp³-hybridized carbons (Fsp3) is 0.105. The summed E-state index contributed by atoms with van der Waals surface area (Å²) in [6.45, 7) is 4.14. The van der Waals surface area contributed by atoms with Gasteiger partial charge in [0.05, 0.1) is 18.2 Å². The molecule has 1 aliphatic heterocycles. The normalized spacial score (nSPS) is 12.5. The second-order valence-corrected chi connectivity index (χ2v) is 5.51. The number of benzene rings is 2. The predicted octanol–water partition coefficient (Wildman–Crippen LogP) is 3.40. The number of rotatable bonds is 3. The molecule has 0 spiro atoms. The van der Waals surface area contributed by atoms with Crippen LogP contribution in [0.25, 0.3) is 11.1 Å². The van der Waals surface area contributed by atoms with E-state index in [0.717, 1.165) is 11.1 Å². The third-order valence-corrected chi connectivity index (χ3v) is 3.98. The van der Waals surface area contributed by atoms with Crippen molar-refractivity contribution in [2.75, 3.05) is 6.54 Å². The number of nitrogens with zero attached hydrogens (tertiary/aromatic N) is 3. The fourth-order valence-corrected chi connectivity index (χ4v) is 2.83. The quantitative estimate of drug-likeness (QED) is 0.815. The first-order valence-electron chi connectivity index (χ1n) is 7.24. The van der Waals surface area contributed by atoms with Crippen LogP contribution >= 0.6 is 0 Å². The van der Waals surface area contributed by atoms with E-state index in [2.05, 4.69) is 6.58 Å². The molecule has 0 unspecified atom stereocenters. The molecular weight excluding hydrogens is 305 g/mol. The topological polar surface area (TPSA) is 67.9 Å². The molecule has 5 heteroatoms. The molecule has 0 atom stereocenters. The molecule has 116 valence electrons. The number of hydrogen-bond donors (Lipinski definition) is 0. The summed E-state index contributed by atoms with van der Waals surface area (Å²) in [7, 11) is 0. The maximum atomic E-state index is 13.5. The van der Waals surface area contributed by atoms with Gasteiger partial charge in [-0.15, -0.1) is 0 Å². The molecule has 0 N–H and O–H groups in total. The molecule has 1 aliphatic rings. The number of amides is 1. The third-order valence-electron chi connectivity index (χ3n) is 3.98. The highest BCUT2D eigenvalue weighted by Gasteiger charge is 2.29. The minimum absolute atomic E-state index is 0.0378. The van der Waals surface area contributed by atoms with E-state index in [1.54, 1.807) is 23.1 Å². The van der Waals surface area contributed by atoms with Gasteiger partial charge in [-0.25, -0.2) is 4.39 Å². The standard InChI is InChI=1S/C19H12FN3O/c1-12(8-21)10-23-11-17-15(3-2-4-16(17)19(23)24)13-5-6-18(20)14(7-13)9-22/h2-7H,1,10-11H2. The van der Waals surface area contributed by atoms with E-state index >= 15 is 0 Å². The van der Waals surface area contributed by atoms with Gasteiger partial charge in [0, 0.05) is 17.7 Å². The summed E-state index contributed by atoms with van der Waals surface area (Å²) in [6.07, 6.45) is 0. The number of carbonyl (C=O) groups is 1. The van der Waals surface area contributed by atoms with Crippen molar-refractivity contribution in [1.29, 1.82) is 10.5 Å². The number of halogens is 1. The van der Waals surface area contributed by atoms with Crippen LogP contribution in [0.5, 0.6) is 0 Å². The highest BCUT2D eigenvalue weighted by Crippen LogP contribution is 2.33. The van der Waals surface area contributed by atoms with Crippen LogP contribution in [0.15, 0.2) is 48.6 Å². The Balaban J connectivity index is 2.04. The number of fused-ring (bicyclic) bond motifs is 1. The minimum Gasteiger partial charge on any atom is -0.329 e. The number of carbonyl (C=O) groups excluding carboxylic acids is 1. The maximum absolute atomic E-state index is 13.5. The van der Waals surface area contributed by atoms with Gasteiger partial charge in [0.15, 0.2) is 0 Å². The van der Waals surface area contributed by atoms with Crippen molar-refractivity contribution in [3.63, 3.8) is 0 Å². The van der Waals surface area contributed by atoms with Crippen LogP contribution < -0.4 is 0 Å². The Labute approximate surface area is 138 Å². The summed E-state index contributed by atoms with van der Waals surface area (Å²) >= 11 is 0. The van der Waals surface area contributed by atoms with Gasteiger partial charge in [-0.2, -0.15) is 10.5 Å². The Morgan fingerprint density at radius 3 is 2.71 bits per heavy atom. The van der Waals surface area contributed by atoms with Crippen molar-refractivity contribution in [1.82, 2.24) is 4.90 Å². The van der Waals surface area contributed by atoms with Crippen molar-refractivity contribution in [2.45, 2.75) is 6.54 Å².